The molecular formula is C37H64O5. The molecule has 0 aliphatic carbocycles. The summed E-state index contributed by atoms with van der Waals surface area (Å²) >= 11 is 0. The Labute approximate surface area is 258 Å². The van der Waals surface area contributed by atoms with Crippen LogP contribution in [0.1, 0.15) is 148 Å². The third-order valence-corrected chi connectivity index (χ3v) is 8.92. The van der Waals surface area contributed by atoms with Gasteiger partial charge in [-0.3, -0.25) is 0 Å². The average molecular weight is 589 g/mol. The lowest BCUT2D eigenvalue weighted by Gasteiger charge is -2.40. The van der Waals surface area contributed by atoms with Crippen molar-refractivity contribution in [2.75, 3.05) is 19.8 Å². The van der Waals surface area contributed by atoms with Gasteiger partial charge in [0, 0.05) is 13.2 Å². The van der Waals surface area contributed by atoms with Crippen LogP contribution in [0.4, 0.5) is 0 Å². The summed E-state index contributed by atoms with van der Waals surface area (Å²) in [5.74, 6) is 0. The maximum absolute atomic E-state index is 6.59. The van der Waals surface area contributed by atoms with Crippen LogP contribution in [0.2, 0.25) is 0 Å². The molecule has 2 bridgehead atoms. The maximum atomic E-state index is 6.59. The van der Waals surface area contributed by atoms with Gasteiger partial charge in [0.05, 0.1) is 13.2 Å². The van der Waals surface area contributed by atoms with E-state index in [1.165, 1.54) is 116 Å². The first-order valence-electron chi connectivity index (χ1n) is 18.0. The van der Waals surface area contributed by atoms with E-state index in [0.717, 1.165) is 31.6 Å². The van der Waals surface area contributed by atoms with Crippen LogP contribution in [0.15, 0.2) is 30.3 Å². The van der Waals surface area contributed by atoms with Crippen molar-refractivity contribution >= 4 is 0 Å². The largest absolute Gasteiger partial charge is 0.372 e. The van der Waals surface area contributed by atoms with Crippen LogP contribution in [0.3, 0.4) is 0 Å². The molecule has 0 N–H and O–H groups in total. The second-order valence-electron chi connectivity index (χ2n) is 12.7. The molecule has 2 heterocycles. The quantitative estimate of drug-likeness (QED) is 0.0957. The third-order valence-electron chi connectivity index (χ3n) is 8.92. The lowest BCUT2D eigenvalue weighted by atomic mass is 10.00. The number of ether oxygens (including phenoxy) is 5. The lowest BCUT2D eigenvalue weighted by molar-refractivity contribution is -0.264. The molecule has 2 saturated heterocycles. The van der Waals surface area contributed by atoms with Crippen LogP contribution in [0, 0.1) is 0 Å². The van der Waals surface area contributed by atoms with Crippen molar-refractivity contribution in [1.29, 1.82) is 0 Å². The van der Waals surface area contributed by atoms with Gasteiger partial charge in [-0.05, 0) is 18.4 Å². The number of unbranched alkanes of at least 4 members (excludes halogenated alkanes) is 18. The average Bonchev–Trinajstić information content (AvgIpc) is 3.45. The van der Waals surface area contributed by atoms with Gasteiger partial charge in [-0.15, -0.1) is 0 Å². The SMILES string of the molecule is CCCCCCCCCCCCO[C@@H]1[C@H](OCCCCCCCCCCCC)[C@@H]2OC[C@@H](O2)[C@H]1OCc1ccccc1. The molecule has 0 unspecified atom stereocenters. The van der Waals surface area contributed by atoms with Crippen molar-refractivity contribution in [3.63, 3.8) is 0 Å². The Balaban J connectivity index is 1.40. The van der Waals surface area contributed by atoms with Crippen molar-refractivity contribution in [2.45, 2.75) is 180 Å². The van der Waals surface area contributed by atoms with Gasteiger partial charge < -0.3 is 23.7 Å². The van der Waals surface area contributed by atoms with Gasteiger partial charge in [0.1, 0.15) is 24.4 Å². The standard InChI is InChI=1S/C37H64O5/c1-3-5-7-9-11-13-15-17-19-24-28-38-35-34(40-30-32-26-22-21-23-27-32)33-31-41-37(42-33)36(35)39-29-25-20-18-16-14-12-10-8-6-4-2/h21-23,26-27,33-37H,3-20,24-25,28-31H2,1-2H3/t33-,34-,35+,36+,37-/m1/s1. The van der Waals surface area contributed by atoms with E-state index in [-0.39, 0.29) is 30.7 Å². The van der Waals surface area contributed by atoms with Crippen molar-refractivity contribution in [3.8, 4) is 0 Å². The van der Waals surface area contributed by atoms with Crippen LogP contribution in [-0.4, -0.2) is 50.5 Å². The molecule has 1 aromatic carbocycles. The minimum atomic E-state index is -0.354. The highest BCUT2D eigenvalue weighted by Gasteiger charge is 2.52. The first-order chi connectivity index (χ1) is 20.8. The van der Waals surface area contributed by atoms with Crippen molar-refractivity contribution in [3.05, 3.63) is 35.9 Å². The highest BCUT2D eigenvalue weighted by molar-refractivity contribution is 5.13. The Morgan fingerprint density at radius 2 is 1.02 bits per heavy atom. The van der Waals surface area contributed by atoms with Gasteiger partial charge in [0.15, 0.2) is 6.29 Å². The van der Waals surface area contributed by atoms with Gasteiger partial charge in [0.25, 0.3) is 0 Å². The molecule has 5 nitrogen and oxygen atoms in total. The number of hydrogen-bond acceptors (Lipinski definition) is 5. The molecule has 0 aromatic heterocycles. The Morgan fingerprint density at radius 3 is 1.55 bits per heavy atom. The molecule has 242 valence electrons. The lowest BCUT2D eigenvalue weighted by Crippen LogP contribution is -2.57. The highest BCUT2D eigenvalue weighted by Crippen LogP contribution is 2.34. The summed E-state index contributed by atoms with van der Waals surface area (Å²) in [6, 6.07) is 10.4. The molecule has 0 spiro atoms. The predicted molar refractivity (Wildman–Crippen MR) is 173 cm³/mol. The summed E-state index contributed by atoms with van der Waals surface area (Å²) in [5.41, 5.74) is 1.16. The number of benzene rings is 1. The molecule has 0 radical (unpaired) electrons. The zero-order valence-electron chi connectivity index (χ0n) is 27.3. The van der Waals surface area contributed by atoms with E-state index in [1.807, 2.05) is 6.07 Å². The minimum Gasteiger partial charge on any atom is -0.372 e. The van der Waals surface area contributed by atoms with Gasteiger partial charge >= 0.3 is 0 Å². The van der Waals surface area contributed by atoms with E-state index < -0.39 is 0 Å². The molecule has 2 fully saturated rings. The fraction of sp³-hybridized carbons (Fsp3) is 0.838. The van der Waals surface area contributed by atoms with Crippen molar-refractivity contribution < 1.29 is 23.7 Å². The fourth-order valence-electron chi connectivity index (χ4n) is 6.29. The Bertz CT molecular complexity index is 743. The molecular weight excluding hydrogens is 524 g/mol. The number of fused-ring (bicyclic) bond motifs is 2. The minimum absolute atomic E-state index is 0.103. The summed E-state index contributed by atoms with van der Waals surface area (Å²) < 4.78 is 31.9. The fourth-order valence-corrected chi connectivity index (χ4v) is 6.29. The second-order valence-corrected chi connectivity index (χ2v) is 12.7. The van der Waals surface area contributed by atoms with Gasteiger partial charge in [0.2, 0.25) is 0 Å². The Hall–Kier alpha value is -0.980. The summed E-state index contributed by atoms with van der Waals surface area (Å²) in [6.07, 6.45) is 25.3. The molecule has 5 heteroatoms. The highest BCUT2D eigenvalue weighted by atomic mass is 16.8. The smallest absolute Gasteiger partial charge is 0.187 e. The zero-order chi connectivity index (χ0) is 29.5. The summed E-state index contributed by atoms with van der Waals surface area (Å²) in [4.78, 5) is 0. The molecule has 0 saturated carbocycles. The van der Waals surface area contributed by atoms with Crippen LogP contribution in [0.5, 0.6) is 0 Å². The van der Waals surface area contributed by atoms with Crippen LogP contribution in [0.25, 0.3) is 0 Å². The van der Waals surface area contributed by atoms with Crippen molar-refractivity contribution in [2.24, 2.45) is 0 Å². The van der Waals surface area contributed by atoms with Gasteiger partial charge in [-0.1, -0.05) is 160 Å². The monoisotopic (exact) mass is 588 g/mol. The molecule has 1 aromatic rings. The van der Waals surface area contributed by atoms with Gasteiger partial charge in [-0.25, -0.2) is 0 Å². The molecule has 0 amide bonds. The predicted octanol–water partition coefficient (Wildman–Crippen LogP) is 9.94. The van der Waals surface area contributed by atoms with Gasteiger partial charge in [-0.2, -0.15) is 0 Å². The van der Waals surface area contributed by atoms with E-state index in [1.54, 1.807) is 0 Å². The molecule has 42 heavy (non-hydrogen) atoms. The Kier molecular flexibility index (Phi) is 19.8. The van der Waals surface area contributed by atoms with Crippen molar-refractivity contribution in [1.82, 2.24) is 0 Å². The van der Waals surface area contributed by atoms with E-state index in [0.29, 0.717) is 13.2 Å². The third kappa shape index (κ3) is 14.2. The summed E-state index contributed by atoms with van der Waals surface area (Å²) in [7, 11) is 0. The van der Waals surface area contributed by atoms with E-state index in [2.05, 4.69) is 38.1 Å². The maximum Gasteiger partial charge on any atom is 0.187 e. The topological polar surface area (TPSA) is 46.2 Å². The molecule has 2 aliphatic heterocycles. The molecule has 5 atom stereocenters. The Morgan fingerprint density at radius 1 is 0.548 bits per heavy atom. The summed E-state index contributed by atoms with van der Waals surface area (Å²) in [6.45, 7) is 7.11. The molecule has 3 rings (SSSR count). The summed E-state index contributed by atoms with van der Waals surface area (Å²) in [5, 5.41) is 0. The van der Waals surface area contributed by atoms with Crippen LogP contribution in [-0.2, 0) is 30.3 Å². The zero-order valence-corrected chi connectivity index (χ0v) is 27.3. The first-order valence-corrected chi connectivity index (χ1v) is 18.0. The number of rotatable bonds is 27. The second kappa shape index (κ2) is 23.4. The first kappa shape index (κ1) is 35.5. The van der Waals surface area contributed by atoms with E-state index in [9.17, 15) is 0 Å². The number of hydrogen-bond donors (Lipinski definition) is 0. The van der Waals surface area contributed by atoms with Crippen LogP contribution < -0.4 is 0 Å². The van der Waals surface area contributed by atoms with E-state index in [4.69, 9.17) is 23.7 Å². The normalized spacial score (nSPS) is 23.5. The van der Waals surface area contributed by atoms with E-state index >= 15 is 0 Å². The molecule has 2 aliphatic rings. The van der Waals surface area contributed by atoms with Crippen LogP contribution >= 0.6 is 0 Å².